The zero-order valence-electron chi connectivity index (χ0n) is 12.0. The van der Waals surface area contributed by atoms with Crippen molar-refractivity contribution >= 4 is 9.84 Å². The van der Waals surface area contributed by atoms with Crippen LogP contribution in [0.4, 0.5) is 0 Å². The Morgan fingerprint density at radius 1 is 1.33 bits per heavy atom. The highest BCUT2D eigenvalue weighted by molar-refractivity contribution is 7.91. The minimum Gasteiger partial charge on any atom is -0.329 e. The molecule has 2 N–H and O–H groups in total. The summed E-state index contributed by atoms with van der Waals surface area (Å²) >= 11 is 0. The van der Waals surface area contributed by atoms with Crippen molar-refractivity contribution in [3.63, 3.8) is 0 Å². The third-order valence-corrected chi connectivity index (χ3v) is 6.26. The van der Waals surface area contributed by atoms with Gasteiger partial charge in [0, 0.05) is 24.4 Å². The van der Waals surface area contributed by atoms with Gasteiger partial charge < -0.3 is 5.73 Å². The van der Waals surface area contributed by atoms with Crippen molar-refractivity contribution in [3.05, 3.63) is 0 Å². The second-order valence-corrected chi connectivity index (χ2v) is 8.24. The molecule has 0 aromatic heterocycles. The molecule has 0 bridgehead atoms. The van der Waals surface area contributed by atoms with Crippen molar-refractivity contribution in [2.75, 3.05) is 31.6 Å². The van der Waals surface area contributed by atoms with Crippen molar-refractivity contribution < 1.29 is 8.42 Å². The molecule has 1 fully saturated rings. The van der Waals surface area contributed by atoms with E-state index < -0.39 is 9.84 Å². The van der Waals surface area contributed by atoms with Gasteiger partial charge in [-0.1, -0.05) is 13.8 Å². The monoisotopic (exact) mass is 276 g/mol. The molecular weight excluding hydrogens is 248 g/mol. The molecule has 0 saturated heterocycles. The van der Waals surface area contributed by atoms with Gasteiger partial charge in [0.25, 0.3) is 0 Å². The van der Waals surface area contributed by atoms with Crippen LogP contribution in [0.15, 0.2) is 0 Å². The van der Waals surface area contributed by atoms with Gasteiger partial charge in [-0.25, -0.2) is 8.42 Å². The Morgan fingerprint density at radius 3 is 2.33 bits per heavy atom. The van der Waals surface area contributed by atoms with E-state index in [2.05, 4.69) is 11.8 Å². The molecular formula is C13H28N2O2S. The van der Waals surface area contributed by atoms with E-state index in [-0.39, 0.29) is 17.0 Å². The average molecular weight is 276 g/mol. The van der Waals surface area contributed by atoms with Gasteiger partial charge in [-0.15, -0.1) is 0 Å². The van der Waals surface area contributed by atoms with Crippen molar-refractivity contribution in [2.45, 2.75) is 45.1 Å². The van der Waals surface area contributed by atoms with E-state index in [9.17, 15) is 8.42 Å². The van der Waals surface area contributed by atoms with E-state index in [1.807, 2.05) is 7.05 Å². The first-order valence-corrected chi connectivity index (χ1v) is 8.79. The molecule has 0 unspecified atom stereocenters. The van der Waals surface area contributed by atoms with Gasteiger partial charge in [-0.05, 0) is 38.6 Å². The molecule has 1 saturated carbocycles. The van der Waals surface area contributed by atoms with Gasteiger partial charge in [0.05, 0.1) is 5.75 Å². The lowest BCUT2D eigenvalue weighted by atomic mass is 9.76. The van der Waals surface area contributed by atoms with Crippen LogP contribution in [0, 0.1) is 5.92 Å². The summed E-state index contributed by atoms with van der Waals surface area (Å²) in [5.74, 6) is 1.25. The average Bonchev–Trinajstić information content (AvgIpc) is 2.37. The summed E-state index contributed by atoms with van der Waals surface area (Å²) < 4.78 is 23.1. The zero-order valence-corrected chi connectivity index (χ0v) is 12.8. The Hall–Kier alpha value is -0.130. The second kappa shape index (κ2) is 6.35. The molecule has 1 rings (SSSR count). The first-order valence-electron chi connectivity index (χ1n) is 6.97. The quantitative estimate of drug-likeness (QED) is 0.793. The molecule has 0 spiro atoms. The first-order chi connectivity index (χ1) is 8.35. The normalized spacial score (nSPS) is 29.7. The molecule has 0 aromatic carbocycles. The molecule has 4 nitrogen and oxygen atoms in total. The Kier molecular flexibility index (Phi) is 5.62. The number of hydrogen-bond acceptors (Lipinski definition) is 4. The zero-order chi connectivity index (χ0) is 13.8. The minimum absolute atomic E-state index is 0.0236. The third-order valence-electron chi connectivity index (χ3n) is 4.57. The second-order valence-electron chi connectivity index (χ2n) is 5.77. The molecule has 0 aromatic rings. The smallest absolute Gasteiger partial charge is 0.151 e. The van der Waals surface area contributed by atoms with Crippen LogP contribution >= 0.6 is 0 Å². The van der Waals surface area contributed by atoms with Crippen molar-refractivity contribution in [1.82, 2.24) is 4.90 Å². The topological polar surface area (TPSA) is 63.4 Å². The number of nitrogens with two attached hydrogens (primary N) is 1. The summed E-state index contributed by atoms with van der Waals surface area (Å²) in [4.78, 5) is 2.19. The maximum Gasteiger partial charge on any atom is 0.151 e. The Bertz CT molecular complexity index is 346. The Balaban J connectivity index is 2.60. The summed E-state index contributed by atoms with van der Waals surface area (Å²) in [7, 11) is -0.860. The van der Waals surface area contributed by atoms with Gasteiger partial charge in [-0.2, -0.15) is 0 Å². The lowest BCUT2D eigenvalue weighted by Gasteiger charge is -2.45. The fraction of sp³-hybridized carbons (Fsp3) is 1.00. The molecule has 108 valence electrons. The van der Waals surface area contributed by atoms with E-state index in [0.29, 0.717) is 13.1 Å². The van der Waals surface area contributed by atoms with Crippen LogP contribution in [0.2, 0.25) is 0 Å². The maximum absolute atomic E-state index is 11.6. The van der Waals surface area contributed by atoms with Gasteiger partial charge in [0.1, 0.15) is 0 Å². The fourth-order valence-corrected chi connectivity index (χ4v) is 3.54. The van der Waals surface area contributed by atoms with Crippen LogP contribution in [0.3, 0.4) is 0 Å². The molecule has 0 heterocycles. The Labute approximate surface area is 112 Å². The van der Waals surface area contributed by atoms with Crippen LogP contribution in [-0.4, -0.2) is 50.5 Å². The van der Waals surface area contributed by atoms with Gasteiger partial charge in [0.2, 0.25) is 0 Å². The number of hydrogen-bond donors (Lipinski definition) is 1. The molecule has 0 aliphatic heterocycles. The van der Waals surface area contributed by atoms with Crippen molar-refractivity contribution in [1.29, 1.82) is 0 Å². The number of sulfone groups is 1. The molecule has 1 aliphatic carbocycles. The summed E-state index contributed by atoms with van der Waals surface area (Å²) in [5, 5.41) is 0. The summed E-state index contributed by atoms with van der Waals surface area (Å²) in [6, 6.07) is 0. The molecule has 5 heteroatoms. The van der Waals surface area contributed by atoms with Crippen LogP contribution in [0.25, 0.3) is 0 Å². The lowest BCUT2D eigenvalue weighted by Crippen LogP contribution is -2.55. The standard InChI is InChI=1S/C13H28N2O2S/c1-4-18(16,17)10-9-15(3)13(11-14)7-5-12(2)6-8-13/h12H,4-11,14H2,1-3H3. The molecule has 18 heavy (non-hydrogen) atoms. The number of likely N-dealkylation sites (N-methyl/N-ethyl adjacent to an activating group) is 1. The minimum atomic E-state index is -2.88. The van der Waals surface area contributed by atoms with Crippen molar-refractivity contribution in [3.8, 4) is 0 Å². The molecule has 0 amide bonds. The summed E-state index contributed by atoms with van der Waals surface area (Å²) in [6.45, 7) is 5.21. The maximum atomic E-state index is 11.6. The predicted molar refractivity (Wildman–Crippen MR) is 76.4 cm³/mol. The Morgan fingerprint density at radius 2 is 1.89 bits per heavy atom. The van der Waals surface area contributed by atoms with Gasteiger partial charge in [0.15, 0.2) is 9.84 Å². The molecule has 0 atom stereocenters. The molecule has 1 aliphatic rings. The van der Waals surface area contributed by atoms with Crippen molar-refractivity contribution in [2.24, 2.45) is 11.7 Å². The SMILES string of the molecule is CCS(=O)(=O)CCN(C)C1(CN)CCC(C)CC1. The van der Waals surface area contributed by atoms with E-state index in [0.717, 1.165) is 18.8 Å². The van der Waals surface area contributed by atoms with Crippen LogP contribution < -0.4 is 5.73 Å². The van der Waals surface area contributed by atoms with Gasteiger partial charge >= 0.3 is 0 Å². The first kappa shape index (κ1) is 15.9. The predicted octanol–water partition coefficient (Wildman–Crippen LogP) is 1.26. The van der Waals surface area contributed by atoms with Crippen LogP contribution in [-0.2, 0) is 9.84 Å². The summed E-state index contributed by atoms with van der Waals surface area (Å²) in [5.41, 5.74) is 5.99. The number of nitrogens with zero attached hydrogens (tertiary/aromatic N) is 1. The summed E-state index contributed by atoms with van der Waals surface area (Å²) in [6.07, 6.45) is 4.57. The van der Waals surface area contributed by atoms with E-state index in [4.69, 9.17) is 5.73 Å². The van der Waals surface area contributed by atoms with Crippen LogP contribution in [0.1, 0.15) is 39.5 Å². The fourth-order valence-electron chi connectivity index (χ4n) is 2.70. The largest absolute Gasteiger partial charge is 0.329 e. The van der Waals surface area contributed by atoms with E-state index in [1.165, 1.54) is 12.8 Å². The highest BCUT2D eigenvalue weighted by Crippen LogP contribution is 2.34. The molecule has 0 radical (unpaired) electrons. The lowest BCUT2D eigenvalue weighted by molar-refractivity contribution is 0.0733. The number of rotatable bonds is 6. The van der Waals surface area contributed by atoms with E-state index in [1.54, 1.807) is 6.92 Å². The van der Waals surface area contributed by atoms with E-state index >= 15 is 0 Å². The van der Waals surface area contributed by atoms with Gasteiger partial charge in [-0.3, -0.25) is 4.90 Å². The highest BCUT2D eigenvalue weighted by atomic mass is 32.2. The highest BCUT2D eigenvalue weighted by Gasteiger charge is 2.36. The third kappa shape index (κ3) is 3.93. The van der Waals surface area contributed by atoms with Crippen LogP contribution in [0.5, 0.6) is 0 Å².